The van der Waals surface area contributed by atoms with Gasteiger partial charge >= 0.3 is 5.97 Å². The Hall–Kier alpha value is -1.84. The molecule has 9 heteroatoms. The van der Waals surface area contributed by atoms with Gasteiger partial charge in [-0.3, -0.25) is 14.4 Å². The summed E-state index contributed by atoms with van der Waals surface area (Å²) in [6.45, 7) is 7.99. The molecule has 2 bridgehead atoms. The number of aliphatic hydroxyl groups is 1. The monoisotopic (exact) mass is 550 g/mol. The maximum atomic E-state index is 14.2. The van der Waals surface area contributed by atoms with Gasteiger partial charge in [-0.05, 0) is 25.8 Å². The molecule has 184 valence electrons. The average molecular weight is 552 g/mol. The summed E-state index contributed by atoms with van der Waals surface area (Å²) in [6, 6.07) is 8.35. The average Bonchev–Trinajstić information content (AvgIpc) is 3.42. The standard InChI is InChI=1S/C25H31BrN2O5S/c1-4-11-27(13-16-9-7-6-8-10-16)23(31)21-25-12-17(26)20(34-25)18(24(32)33-5-2)19(25)22(30)28(21)15(3)14-29/h4,6-10,15,17-21,29H,1,5,11-14H2,2-3H3/t15-,17?,18-,19+,20-,21?,25?/m1/s1. The van der Waals surface area contributed by atoms with Crippen molar-refractivity contribution in [3.8, 4) is 0 Å². The maximum absolute atomic E-state index is 14.2. The molecule has 7 atom stereocenters. The summed E-state index contributed by atoms with van der Waals surface area (Å²) in [5.74, 6) is -2.09. The van der Waals surface area contributed by atoms with Crippen molar-refractivity contribution >= 4 is 45.5 Å². The number of hydrogen-bond donors (Lipinski definition) is 1. The second-order valence-corrected chi connectivity index (χ2v) is 11.9. The lowest BCUT2D eigenvalue weighted by atomic mass is 9.71. The quantitative estimate of drug-likeness (QED) is 0.289. The van der Waals surface area contributed by atoms with E-state index in [-0.39, 0.29) is 41.1 Å². The van der Waals surface area contributed by atoms with Crippen LogP contribution < -0.4 is 0 Å². The molecule has 1 N–H and O–H groups in total. The van der Waals surface area contributed by atoms with Gasteiger partial charge in [0.1, 0.15) is 6.04 Å². The van der Waals surface area contributed by atoms with Crippen LogP contribution in [-0.4, -0.2) is 79.4 Å². The molecule has 3 unspecified atom stereocenters. The molecule has 0 aliphatic carbocycles. The summed E-state index contributed by atoms with van der Waals surface area (Å²) in [5.41, 5.74) is 0.976. The molecule has 3 saturated heterocycles. The largest absolute Gasteiger partial charge is 0.466 e. The first-order valence-electron chi connectivity index (χ1n) is 11.7. The summed E-state index contributed by atoms with van der Waals surface area (Å²) in [5, 5.41) is 9.85. The van der Waals surface area contributed by atoms with Gasteiger partial charge in [-0.15, -0.1) is 18.3 Å². The van der Waals surface area contributed by atoms with Crippen LogP contribution >= 0.6 is 27.7 Å². The third-order valence-corrected chi connectivity index (χ3v) is 10.4. The van der Waals surface area contributed by atoms with Crippen molar-refractivity contribution < 1.29 is 24.2 Å². The van der Waals surface area contributed by atoms with Crippen molar-refractivity contribution in [1.82, 2.24) is 9.80 Å². The number of nitrogens with zero attached hydrogens (tertiary/aromatic N) is 2. The minimum Gasteiger partial charge on any atom is -0.466 e. The highest BCUT2D eigenvalue weighted by Gasteiger charge is 2.76. The summed E-state index contributed by atoms with van der Waals surface area (Å²) in [6.07, 6.45) is 2.27. The maximum Gasteiger partial charge on any atom is 0.310 e. The molecule has 3 fully saturated rings. The predicted molar refractivity (Wildman–Crippen MR) is 134 cm³/mol. The molecule has 34 heavy (non-hydrogen) atoms. The van der Waals surface area contributed by atoms with Crippen molar-refractivity contribution in [3.05, 3.63) is 48.6 Å². The smallest absolute Gasteiger partial charge is 0.310 e. The summed E-state index contributed by atoms with van der Waals surface area (Å²) < 4.78 is 4.60. The van der Waals surface area contributed by atoms with Crippen LogP contribution in [0.1, 0.15) is 25.8 Å². The molecule has 3 aliphatic heterocycles. The van der Waals surface area contributed by atoms with Crippen LogP contribution in [0, 0.1) is 11.8 Å². The zero-order valence-corrected chi connectivity index (χ0v) is 21.8. The number of thioether (sulfide) groups is 1. The fourth-order valence-corrected chi connectivity index (χ4v) is 9.36. The van der Waals surface area contributed by atoms with E-state index in [0.717, 1.165) is 5.56 Å². The molecule has 4 rings (SSSR count). The van der Waals surface area contributed by atoms with E-state index in [9.17, 15) is 19.5 Å². The van der Waals surface area contributed by atoms with Crippen molar-refractivity contribution in [3.63, 3.8) is 0 Å². The van der Waals surface area contributed by atoms with Gasteiger partial charge in [0.2, 0.25) is 11.8 Å². The molecule has 3 aliphatic rings. The Balaban J connectivity index is 1.76. The van der Waals surface area contributed by atoms with Crippen LogP contribution in [0.15, 0.2) is 43.0 Å². The van der Waals surface area contributed by atoms with Gasteiger partial charge in [0.15, 0.2) is 0 Å². The molecule has 1 aromatic rings. The van der Waals surface area contributed by atoms with E-state index in [2.05, 4.69) is 22.5 Å². The fourth-order valence-electron chi connectivity index (χ4n) is 5.78. The predicted octanol–water partition coefficient (Wildman–Crippen LogP) is 2.61. The lowest BCUT2D eigenvalue weighted by Crippen LogP contribution is -2.57. The number of carbonyl (C=O) groups is 3. The Morgan fingerprint density at radius 3 is 2.74 bits per heavy atom. The number of alkyl halides is 1. The van der Waals surface area contributed by atoms with Crippen LogP contribution in [0.5, 0.6) is 0 Å². The molecule has 0 saturated carbocycles. The second kappa shape index (κ2) is 10.0. The Kier molecular flexibility index (Phi) is 7.45. The van der Waals surface area contributed by atoms with Crippen LogP contribution in [0.2, 0.25) is 0 Å². The number of esters is 1. The number of halogens is 1. The second-order valence-electron chi connectivity index (χ2n) is 9.19. The minimum absolute atomic E-state index is 0.0161. The van der Waals surface area contributed by atoms with E-state index in [1.54, 1.807) is 36.6 Å². The Morgan fingerprint density at radius 1 is 1.41 bits per heavy atom. The van der Waals surface area contributed by atoms with Crippen LogP contribution in [0.25, 0.3) is 0 Å². The SMILES string of the molecule is C=CCN(Cc1ccccc1)C(=O)C1N([C@H](C)CO)C(=O)[C@@H]2[C@@H](C(=O)OCC)[C@@H]3SC12CC3Br. The molecular formula is C25H31BrN2O5S. The van der Waals surface area contributed by atoms with E-state index in [4.69, 9.17) is 4.74 Å². The first-order chi connectivity index (χ1) is 16.3. The lowest BCUT2D eigenvalue weighted by molar-refractivity contribution is -0.154. The molecular weight excluding hydrogens is 520 g/mol. The van der Waals surface area contributed by atoms with Gasteiger partial charge < -0.3 is 19.6 Å². The third kappa shape index (κ3) is 3.99. The number of likely N-dealkylation sites (tertiary alicyclic amines) is 1. The molecule has 0 radical (unpaired) electrons. The van der Waals surface area contributed by atoms with Gasteiger partial charge in [-0.25, -0.2) is 0 Å². The molecule has 7 nitrogen and oxygen atoms in total. The van der Waals surface area contributed by atoms with Crippen molar-refractivity contribution in [2.24, 2.45) is 11.8 Å². The van der Waals surface area contributed by atoms with Crippen LogP contribution in [0.3, 0.4) is 0 Å². The number of rotatable bonds is 9. The first-order valence-corrected chi connectivity index (χ1v) is 13.4. The molecule has 2 amide bonds. The topological polar surface area (TPSA) is 87.2 Å². The molecule has 1 spiro atoms. The summed E-state index contributed by atoms with van der Waals surface area (Å²) in [7, 11) is 0. The fraction of sp³-hybridized carbons (Fsp3) is 0.560. The van der Waals surface area contributed by atoms with E-state index in [0.29, 0.717) is 19.5 Å². The first kappa shape index (κ1) is 25.3. The van der Waals surface area contributed by atoms with Crippen LogP contribution in [0.4, 0.5) is 0 Å². The Bertz CT molecular complexity index is 962. The molecule has 1 aromatic carbocycles. The van der Waals surface area contributed by atoms with Gasteiger partial charge in [0, 0.05) is 23.2 Å². The number of amides is 2. The minimum atomic E-state index is -0.787. The van der Waals surface area contributed by atoms with Gasteiger partial charge in [-0.2, -0.15) is 0 Å². The molecule has 0 aromatic heterocycles. The van der Waals surface area contributed by atoms with Crippen molar-refractivity contribution in [2.45, 2.75) is 53.7 Å². The number of ether oxygens (including phenoxy) is 1. The normalized spacial score (nSPS) is 32.4. The number of aliphatic hydroxyl groups excluding tert-OH is 1. The summed E-state index contributed by atoms with van der Waals surface area (Å²) >= 11 is 5.30. The number of hydrogen-bond acceptors (Lipinski definition) is 6. The highest BCUT2D eigenvalue weighted by atomic mass is 79.9. The van der Waals surface area contributed by atoms with Gasteiger partial charge in [0.05, 0.1) is 35.8 Å². The zero-order valence-electron chi connectivity index (χ0n) is 19.4. The van der Waals surface area contributed by atoms with E-state index < -0.39 is 28.7 Å². The van der Waals surface area contributed by atoms with Gasteiger partial charge in [-0.1, -0.05) is 52.3 Å². The van der Waals surface area contributed by atoms with Crippen molar-refractivity contribution in [2.75, 3.05) is 19.8 Å². The highest BCUT2D eigenvalue weighted by Crippen LogP contribution is 2.68. The number of benzene rings is 1. The van der Waals surface area contributed by atoms with E-state index >= 15 is 0 Å². The third-order valence-electron chi connectivity index (χ3n) is 7.14. The number of fused-ring (bicyclic) bond motifs is 1. The summed E-state index contributed by atoms with van der Waals surface area (Å²) in [4.78, 5) is 44.3. The Morgan fingerprint density at radius 2 is 2.12 bits per heavy atom. The van der Waals surface area contributed by atoms with Crippen LogP contribution in [-0.2, 0) is 25.7 Å². The lowest BCUT2D eigenvalue weighted by Gasteiger charge is -2.39. The van der Waals surface area contributed by atoms with Crippen molar-refractivity contribution in [1.29, 1.82) is 0 Å². The molecule has 3 heterocycles. The Labute approximate surface area is 213 Å². The van der Waals surface area contributed by atoms with Gasteiger partial charge in [0.25, 0.3) is 0 Å². The highest BCUT2D eigenvalue weighted by molar-refractivity contribution is 9.09. The van der Waals surface area contributed by atoms with E-state index in [1.165, 1.54) is 4.90 Å². The zero-order chi connectivity index (χ0) is 24.6. The van der Waals surface area contributed by atoms with E-state index in [1.807, 2.05) is 30.3 Å². The number of carbonyl (C=O) groups excluding carboxylic acids is 3.